The first-order valence-corrected chi connectivity index (χ1v) is 7.83. The molecule has 2 aliphatic rings. The predicted octanol–water partition coefficient (Wildman–Crippen LogP) is 3.83. The molecule has 0 saturated carbocycles. The zero-order valence-electron chi connectivity index (χ0n) is 12.2. The molecule has 2 nitrogen and oxygen atoms in total. The van der Waals surface area contributed by atoms with Crippen LogP contribution in [0.2, 0.25) is 0 Å². The van der Waals surface area contributed by atoms with Crippen LogP contribution in [0.3, 0.4) is 0 Å². The first-order chi connectivity index (χ1) is 10.4. The monoisotopic (exact) mass is 276 g/mol. The molecule has 2 aliphatic heterocycles. The number of rotatable bonds is 1. The molecule has 0 saturated heterocycles. The Kier molecular flexibility index (Phi) is 3.23. The molecule has 21 heavy (non-hydrogen) atoms. The number of hydrogen-bond acceptors (Lipinski definition) is 2. The van der Waals surface area contributed by atoms with Crippen molar-refractivity contribution in [3.63, 3.8) is 0 Å². The number of aliphatic imine (C=N–C) groups is 1. The maximum atomic E-state index is 4.81. The zero-order chi connectivity index (χ0) is 14.1. The second-order valence-electron chi connectivity index (χ2n) is 5.94. The highest BCUT2D eigenvalue weighted by Gasteiger charge is 2.27. The fourth-order valence-electron chi connectivity index (χ4n) is 3.56. The van der Waals surface area contributed by atoms with Crippen molar-refractivity contribution in [3.8, 4) is 0 Å². The maximum absolute atomic E-state index is 4.81. The Bertz CT molecular complexity index is 660. The van der Waals surface area contributed by atoms with Gasteiger partial charge >= 0.3 is 0 Å². The lowest BCUT2D eigenvalue weighted by atomic mass is 9.86. The largest absolute Gasteiger partial charge is 0.356 e. The third kappa shape index (κ3) is 2.35. The lowest BCUT2D eigenvalue weighted by molar-refractivity contribution is 0.384. The lowest BCUT2D eigenvalue weighted by Gasteiger charge is -2.28. The van der Waals surface area contributed by atoms with Crippen molar-refractivity contribution in [3.05, 3.63) is 71.3 Å². The van der Waals surface area contributed by atoms with E-state index in [4.69, 9.17) is 4.99 Å². The molecule has 2 aromatic rings. The van der Waals surface area contributed by atoms with Gasteiger partial charge in [-0.3, -0.25) is 4.99 Å². The van der Waals surface area contributed by atoms with E-state index in [1.165, 1.54) is 28.9 Å². The van der Waals surface area contributed by atoms with Gasteiger partial charge in [0.05, 0.1) is 0 Å². The first-order valence-electron chi connectivity index (χ1n) is 7.83. The van der Waals surface area contributed by atoms with Crippen LogP contribution in [0.1, 0.15) is 35.4 Å². The molecule has 0 N–H and O–H groups in total. The molecule has 0 spiro atoms. The molecule has 2 aromatic carbocycles. The van der Waals surface area contributed by atoms with Crippen molar-refractivity contribution in [1.82, 2.24) is 4.90 Å². The third-order valence-corrected chi connectivity index (χ3v) is 4.63. The standard InChI is InChI=1S/C19H20N2/c1-2-7-15(8-3-1)18-13-19-20-11-6-12-21(19)14-16-9-4-5-10-17(16)18/h1-5,7-10,18H,6,11-14H2. The molecule has 4 rings (SSSR count). The lowest BCUT2D eigenvalue weighted by Crippen LogP contribution is -2.34. The highest BCUT2D eigenvalue weighted by atomic mass is 15.2. The van der Waals surface area contributed by atoms with Gasteiger partial charge in [-0.25, -0.2) is 0 Å². The van der Waals surface area contributed by atoms with E-state index in [1.807, 2.05) is 0 Å². The minimum atomic E-state index is 0.434. The van der Waals surface area contributed by atoms with E-state index in [1.54, 1.807) is 0 Å². The molecule has 1 atom stereocenters. The van der Waals surface area contributed by atoms with Crippen molar-refractivity contribution in [2.75, 3.05) is 13.1 Å². The van der Waals surface area contributed by atoms with Gasteiger partial charge in [-0.15, -0.1) is 0 Å². The van der Waals surface area contributed by atoms with E-state index in [2.05, 4.69) is 59.5 Å². The van der Waals surface area contributed by atoms with E-state index >= 15 is 0 Å². The summed E-state index contributed by atoms with van der Waals surface area (Å²) in [6.07, 6.45) is 2.21. The maximum Gasteiger partial charge on any atom is 0.100 e. The van der Waals surface area contributed by atoms with Crippen molar-refractivity contribution < 1.29 is 0 Å². The molecular formula is C19H20N2. The van der Waals surface area contributed by atoms with Crippen LogP contribution in [0, 0.1) is 0 Å². The molecule has 0 bridgehead atoms. The topological polar surface area (TPSA) is 15.6 Å². The Labute approximate surface area is 126 Å². The van der Waals surface area contributed by atoms with Gasteiger partial charge in [0.15, 0.2) is 0 Å². The molecule has 2 heterocycles. The SMILES string of the molecule is c1ccc(C2CC3=NCCCN3Cc3ccccc32)cc1. The van der Waals surface area contributed by atoms with Crippen LogP contribution >= 0.6 is 0 Å². The summed E-state index contributed by atoms with van der Waals surface area (Å²) in [4.78, 5) is 7.29. The summed E-state index contributed by atoms with van der Waals surface area (Å²) in [6.45, 7) is 3.15. The Morgan fingerprint density at radius 2 is 1.76 bits per heavy atom. The quantitative estimate of drug-likeness (QED) is 0.773. The Hall–Kier alpha value is -2.09. The zero-order valence-corrected chi connectivity index (χ0v) is 12.2. The summed E-state index contributed by atoms with van der Waals surface area (Å²) in [5.41, 5.74) is 4.33. The summed E-state index contributed by atoms with van der Waals surface area (Å²) >= 11 is 0. The van der Waals surface area contributed by atoms with Crippen molar-refractivity contribution in [2.45, 2.75) is 25.3 Å². The molecule has 1 unspecified atom stereocenters. The predicted molar refractivity (Wildman–Crippen MR) is 86.7 cm³/mol. The molecule has 0 aromatic heterocycles. The molecular weight excluding hydrogens is 256 g/mol. The van der Waals surface area contributed by atoms with Crippen LogP contribution in [-0.2, 0) is 6.54 Å². The number of amidine groups is 1. The fourth-order valence-corrected chi connectivity index (χ4v) is 3.56. The van der Waals surface area contributed by atoms with Crippen LogP contribution < -0.4 is 0 Å². The van der Waals surface area contributed by atoms with Crippen molar-refractivity contribution in [2.24, 2.45) is 4.99 Å². The Morgan fingerprint density at radius 1 is 0.952 bits per heavy atom. The first kappa shape index (κ1) is 12.6. The number of benzene rings is 2. The average Bonchev–Trinajstić information content (AvgIpc) is 2.72. The summed E-state index contributed by atoms with van der Waals surface area (Å²) in [6, 6.07) is 19.8. The summed E-state index contributed by atoms with van der Waals surface area (Å²) in [5, 5.41) is 0. The number of fused-ring (bicyclic) bond motifs is 2. The molecule has 0 aliphatic carbocycles. The van der Waals surface area contributed by atoms with E-state index < -0.39 is 0 Å². The average molecular weight is 276 g/mol. The fraction of sp³-hybridized carbons (Fsp3) is 0.316. The van der Waals surface area contributed by atoms with E-state index in [9.17, 15) is 0 Å². The molecule has 0 fully saturated rings. The highest BCUT2D eigenvalue weighted by Crippen LogP contribution is 2.35. The molecule has 2 heteroatoms. The summed E-state index contributed by atoms with van der Waals surface area (Å²) < 4.78 is 0. The Morgan fingerprint density at radius 3 is 2.67 bits per heavy atom. The van der Waals surface area contributed by atoms with Gasteiger partial charge in [0.2, 0.25) is 0 Å². The van der Waals surface area contributed by atoms with E-state index in [0.29, 0.717) is 5.92 Å². The second-order valence-corrected chi connectivity index (χ2v) is 5.94. The van der Waals surface area contributed by atoms with Crippen LogP contribution in [0.15, 0.2) is 59.6 Å². The second kappa shape index (κ2) is 5.36. The van der Waals surface area contributed by atoms with Crippen molar-refractivity contribution >= 4 is 5.84 Å². The van der Waals surface area contributed by atoms with Crippen LogP contribution in [0.5, 0.6) is 0 Å². The van der Waals surface area contributed by atoms with Crippen molar-refractivity contribution in [1.29, 1.82) is 0 Å². The minimum Gasteiger partial charge on any atom is -0.356 e. The molecule has 0 radical (unpaired) electrons. The van der Waals surface area contributed by atoms with Gasteiger partial charge in [0, 0.05) is 32.0 Å². The van der Waals surface area contributed by atoms with Gasteiger partial charge in [0.1, 0.15) is 5.84 Å². The van der Waals surface area contributed by atoms with Crippen LogP contribution in [-0.4, -0.2) is 23.8 Å². The van der Waals surface area contributed by atoms with Crippen LogP contribution in [0.4, 0.5) is 0 Å². The van der Waals surface area contributed by atoms with E-state index in [0.717, 1.165) is 26.1 Å². The summed E-state index contributed by atoms with van der Waals surface area (Å²) in [5.74, 6) is 1.73. The number of nitrogens with zero attached hydrogens (tertiary/aromatic N) is 2. The van der Waals surface area contributed by atoms with Crippen LogP contribution in [0.25, 0.3) is 0 Å². The number of hydrogen-bond donors (Lipinski definition) is 0. The van der Waals surface area contributed by atoms with E-state index in [-0.39, 0.29) is 0 Å². The van der Waals surface area contributed by atoms with Gasteiger partial charge in [-0.2, -0.15) is 0 Å². The van der Waals surface area contributed by atoms with Gasteiger partial charge in [-0.1, -0.05) is 54.6 Å². The molecule has 0 amide bonds. The van der Waals surface area contributed by atoms with Gasteiger partial charge in [-0.05, 0) is 23.1 Å². The van der Waals surface area contributed by atoms with Gasteiger partial charge < -0.3 is 4.90 Å². The highest BCUT2D eigenvalue weighted by molar-refractivity contribution is 5.85. The minimum absolute atomic E-state index is 0.434. The Balaban J connectivity index is 1.83. The molecule has 106 valence electrons. The normalized spacial score (nSPS) is 21.0. The third-order valence-electron chi connectivity index (χ3n) is 4.63. The smallest absolute Gasteiger partial charge is 0.100 e. The summed E-state index contributed by atoms with van der Waals surface area (Å²) in [7, 11) is 0. The van der Waals surface area contributed by atoms with Gasteiger partial charge in [0.25, 0.3) is 0 Å².